The van der Waals surface area contributed by atoms with Gasteiger partial charge in [0.25, 0.3) is 0 Å². The van der Waals surface area contributed by atoms with Crippen LogP contribution in [0.5, 0.6) is 0 Å². The van der Waals surface area contributed by atoms with E-state index in [9.17, 15) is 9.59 Å². The minimum Gasteiger partial charge on any atom is -0.464 e. The van der Waals surface area contributed by atoms with Gasteiger partial charge < -0.3 is 14.8 Å². The number of methoxy groups -OCH3 is 2. The average Bonchev–Trinajstić information content (AvgIpc) is 3.50. The average molecular weight is 590 g/mol. The Balaban J connectivity index is 0.000000212. The standard InChI is InChI=1S/C10H10BrClN2O2.C7H4BrCl2NO2/c1-16-10(15)9-8(11)6(4-7(12)14-9)13-5-2-3-5;1-13-7(12)6-5(8)3(9)2-4(10)11-6/h4-5H,2-3H2,1H3,(H,13,14);2H,1H3. The molecule has 1 saturated carbocycles. The number of nitrogens with zero attached hydrogens (tertiary/aromatic N) is 2. The molecule has 1 fully saturated rings. The van der Waals surface area contributed by atoms with Crippen LogP contribution in [-0.2, 0) is 9.47 Å². The zero-order valence-corrected chi connectivity index (χ0v) is 20.5. The second-order valence-electron chi connectivity index (χ2n) is 5.65. The van der Waals surface area contributed by atoms with Crippen molar-refractivity contribution in [2.75, 3.05) is 19.5 Å². The molecule has 1 aliphatic carbocycles. The summed E-state index contributed by atoms with van der Waals surface area (Å²) in [5.41, 5.74) is 1.04. The summed E-state index contributed by atoms with van der Waals surface area (Å²) in [6.45, 7) is 0. The number of ether oxygens (including phenoxy) is 2. The van der Waals surface area contributed by atoms with Gasteiger partial charge in [-0.15, -0.1) is 0 Å². The van der Waals surface area contributed by atoms with Crippen LogP contribution in [0.2, 0.25) is 15.3 Å². The van der Waals surface area contributed by atoms with Gasteiger partial charge in [-0.25, -0.2) is 19.6 Å². The molecule has 0 atom stereocenters. The molecule has 0 spiro atoms. The Kier molecular flexibility index (Phi) is 8.96. The molecule has 12 heteroatoms. The van der Waals surface area contributed by atoms with E-state index in [1.54, 1.807) is 6.07 Å². The monoisotopic (exact) mass is 587 g/mol. The zero-order valence-electron chi connectivity index (χ0n) is 15.1. The maximum absolute atomic E-state index is 11.4. The highest BCUT2D eigenvalue weighted by molar-refractivity contribution is 9.11. The summed E-state index contributed by atoms with van der Waals surface area (Å²) in [5.74, 6) is -1.09. The fourth-order valence-electron chi connectivity index (χ4n) is 1.98. The Morgan fingerprint density at radius 3 is 1.93 bits per heavy atom. The molecule has 2 heterocycles. The first-order chi connectivity index (χ1) is 13.7. The van der Waals surface area contributed by atoms with Gasteiger partial charge in [-0.1, -0.05) is 34.8 Å². The number of aromatic nitrogens is 2. The molecular weight excluding hydrogens is 576 g/mol. The van der Waals surface area contributed by atoms with Gasteiger partial charge in [-0.2, -0.15) is 0 Å². The first-order valence-corrected chi connectivity index (χ1v) is 10.7. The van der Waals surface area contributed by atoms with Crippen LogP contribution >= 0.6 is 66.7 Å². The van der Waals surface area contributed by atoms with Gasteiger partial charge in [0.15, 0.2) is 11.4 Å². The third-order valence-electron chi connectivity index (χ3n) is 3.50. The second-order valence-corrected chi connectivity index (χ2v) is 8.41. The van der Waals surface area contributed by atoms with Crippen LogP contribution in [-0.4, -0.2) is 42.2 Å². The fraction of sp³-hybridized carbons (Fsp3) is 0.294. The lowest BCUT2D eigenvalue weighted by Gasteiger charge is -2.10. The van der Waals surface area contributed by atoms with E-state index in [4.69, 9.17) is 34.8 Å². The number of rotatable bonds is 4. The number of nitrogens with one attached hydrogen (secondary N) is 1. The summed E-state index contributed by atoms with van der Waals surface area (Å²) in [7, 11) is 2.57. The lowest BCUT2D eigenvalue weighted by molar-refractivity contribution is 0.0584. The predicted octanol–water partition coefficient (Wildman–Crippen LogP) is 5.80. The van der Waals surface area contributed by atoms with E-state index >= 15 is 0 Å². The van der Waals surface area contributed by atoms with Gasteiger partial charge in [0, 0.05) is 6.04 Å². The number of hydrogen-bond acceptors (Lipinski definition) is 7. The highest BCUT2D eigenvalue weighted by atomic mass is 79.9. The van der Waals surface area contributed by atoms with Crippen LogP contribution in [0.1, 0.15) is 33.8 Å². The van der Waals surface area contributed by atoms with Gasteiger partial charge in [-0.05, 0) is 56.8 Å². The molecule has 0 amide bonds. The van der Waals surface area contributed by atoms with Crippen molar-refractivity contribution in [3.63, 3.8) is 0 Å². The third kappa shape index (κ3) is 6.68. The molecule has 1 N–H and O–H groups in total. The minimum atomic E-state index is -0.587. The first kappa shape index (κ1) is 24.1. The second kappa shape index (κ2) is 10.8. The largest absolute Gasteiger partial charge is 0.464 e. The molecule has 0 saturated heterocycles. The summed E-state index contributed by atoms with van der Waals surface area (Å²) < 4.78 is 10.1. The van der Waals surface area contributed by atoms with Crippen LogP contribution in [0.25, 0.3) is 0 Å². The molecular formula is C17H14Br2Cl3N3O4. The Hall–Kier alpha value is -1.13. The maximum atomic E-state index is 11.4. The molecule has 29 heavy (non-hydrogen) atoms. The number of hydrogen-bond donors (Lipinski definition) is 1. The summed E-state index contributed by atoms with van der Waals surface area (Å²) in [6, 6.07) is 3.59. The van der Waals surface area contributed by atoms with Gasteiger partial charge in [0.05, 0.1) is 33.9 Å². The molecule has 0 radical (unpaired) electrons. The van der Waals surface area contributed by atoms with E-state index in [-0.39, 0.29) is 21.7 Å². The van der Waals surface area contributed by atoms with Crippen molar-refractivity contribution >= 4 is 84.3 Å². The third-order valence-corrected chi connectivity index (χ3v) is 6.02. The number of carbonyl (C=O) groups excluding carboxylic acids is 2. The quantitative estimate of drug-likeness (QED) is 0.356. The van der Waals surface area contributed by atoms with E-state index in [0.29, 0.717) is 20.0 Å². The molecule has 0 aliphatic heterocycles. The highest BCUT2D eigenvalue weighted by Gasteiger charge is 2.24. The van der Waals surface area contributed by atoms with Gasteiger partial charge in [0.2, 0.25) is 0 Å². The Labute approximate surface area is 198 Å². The predicted molar refractivity (Wildman–Crippen MR) is 118 cm³/mol. The number of anilines is 1. The van der Waals surface area contributed by atoms with Gasteiger partial charge >= 0.3 is 11.9 Å². The van der Waals surface area contributed by atoms with Crippen molar-refractivity contribution in [1.29, 1.82) is 0 Å². The van der Waals surface area contributed by atoms with Crippen LogP contribution in [0, 0.1) is 0 Å². The summed E-state index contributed by atoms with van der Waals surface area (Å²) in [5, 5.41) is 4.00. The molecule has 2 aromatic rings. The van der Waals surface area contributed by atoms with Crippen molar-refractivity contribution < 1.29 is 19.1 Å². The van der Waals surface area contributed by atoms with Crippen LogP contribution < -0.4 is 5.32 Å². The topological polar surface area (TPSA) is 90.4 Å². The normalized spacial score (nSPS) is 12.5. The van der Waals surface area contributed by atoms with Crippen LogP contribution in [0.3, 0.4) is 0 Å². The van der Waals surface area contributed by atoms with Crippen LogP contribution in [0.4, 0.5) is 5.69 Å². The van der Waals surface area contributed by atoms with E-state index < -0.39 is 11.9 Å². The summed E-state index contributed by atoms with van der Waals surface area (Å²) >= 11 is 23.6. The SMILES string of the molecule is COC(=O)c1nc(Cl)cc(Cl)c1Br.COC(=O)c1nc(Cl)cc(NC2CC2)c1Br. The highest BCUT2D eigenvalue weighted by Crippen LogP contribution is 2.33. The molecule has 2 aromatic heterocycles. The summed E-state index contributed by atoms with van der Waals surface area (Å²) in [6.07, 6.45) is 2.28. The molecule has 156 valence electrons. The number of esters is 2. The maximum Gasteiger partial charge on any atom is 0.357 e. The van der Waals surface area contributed by atoms with E-state index in [2.05, 4.69) is 56.6 Å². The molecule has 0 unspecified atom stereocenters. The van der Waals surface area contributed by atoms with Crippen molar-refractivity contribution in [3.8, 4) is 0 Å². The number of pyridine rings is 2. The van der Waals surface area contributed by atoms with Crippen LogP contribution in [0.15, 0.2) is 21.1 Å². The van der Waals surface area contributed by atoms with E-state index in [1.807, 2.05) is 0 Å². The smallest absolute Gasteiger partial charge is 0.357 e. The Morgan fingerprint density at radius 2 is 1.45 bits per heavy atom. The number of halogens is 5. The Morgan fingerprint density at radius 1 is 0.966 bits per heavy atom. The first-order valence-electron chi connectivity index (χ1n) is 7.98. The zero-order chi connectivity index (χ0) is 21.7. The van der Waals surface area contributed by atoms with Crippen molar-refractivity contribution in [3.05, 3.63) is 47.8 Å². The van der Waals surface area contributed by atoms with Crippen molar-refractivity contribution in [1.82, 2.24) is 9.97 Å². The van der Waals surface area contributed by atoms with Gasteiger partial charge in [0.1, 0.15) is 10.3 Å². The molecule has 3 rings (SSSR count). The van der Waals surface area contributed by atoms with Crippen molar-refractivity contribution in [2.24, 2.45) is 0 Å². The van der Waals surface area contributed by atoms with E-state index in [1.165, 1.54) is 20.3 Å². The molecule has 0 aromatic carbocycles. The summed E-state index contributed by atoms with van der Waals surface area (Å²) in [4.78, 5) is 30.2. The van der Waals surface area contributed by atoms with E-state index in [0.717, 1.165) is 18.5 Å². The number of carbonyl (C=O) groups is 2. The molecule has 0 bridgehead atoms. The molecule has 1 aliphatic rings. The Bertz CT molecular complexity index is 943. The molecule has 7 nitrogen and oxygen atoms in total. The van der Waals surface area contributed by atoms with Gasteiger partial charge in [-0.3, -0.25) is 0 Å². The lowest BCUT2D eigenvalue weighted by Crippen LogP contribution is -2.09. The lowest BCUT2D eigenvalue weighted by atomic mass is 10.3. The fourth-order valence-corrected chi connectivity index (χ4v) is 3.46. The van der Waals surface area contributed by atoms with Crippen molar-refractivity contribution in [2.45, 2.75) is 18.9 Å². The minimum absolute atomic E-state index is 0.0694.